The van der Waals surface area contributed by atoms with Crippen LogP contribution in [-0.2, 0) is 14.8 Å². The summed E-state index contributed by atoms with van der Waals surface area (Å²) in [4.78, 5) is 12.1. The van der Waals surface area contributed by atoms with E-state index in [1.807, 2.05) is 6.92 Å². The molecule has 1 atom stereocenters. The van der Waals surface area contributed by atoms with Crippen molar-refractivity contribution < 1.29 is 23.4 Å². The number of aliphatic hydroxyl groups excluding tert-OH is 1. The molecule has 0 saturated carbocycles. The predicted molar refractivity (Wildman–Crippen MR) is 106 cm³/mol. The van der Waals surface area contributed by atoms with Crippen LogP contribution < -0.4 is 10.5 Å². The monoisotopic (exact) mass is 412 g/mol. The van der Waals surface area contributed by atoms with E-state index in [0.29, 0.717) is 12.5 Å². The van der Waals surface area contributed by atoms with Crippen LogP contribution in [0.3, 0.4) is 0 Å². The van der Waals surface area contributed by atoms with Gasteiger partial charge in [0.2, 0.25) is 10.0 Å². The molecule has 1 aromatic carbocycles. The van der Waals surface area contributed by atoms with Gasteiger partial charge in [0.25, 0.3) is 5.91 Å². The number of hydrogen-bond donors (Lipinski definition) is 4. The van der Waals surface area contributed by atoms with Crippen LogP contribution in [0.1, 0.15) is 46.5 Å². The number of unbranched alkanes of at least 4 members (excludes halogenated alkanes) is 1. The molecule has 5 N–H and O–H groups in total. The molecule has 0 aliphatic carbocycles. The first kappa shape index (κ1) is 23.6. The Kier molecular flexibility index (Phi) is 9.07. The number of primary sulfonamides is 1. The van der Waals surface area contributed by atoms with Crippen molar-refractivity contribution in [3.8, 4) is 5.75 Å². The maximum Gasteiger partial charge on any atom is 0.275 e. The molecule has 0 heterocycles. The zero-order valence-corrected chi connectivity index (χ0v) is 17.2. The summed E-state index contributed by atoms with van der Waals surface area (Å²) in [7, 11) is -4.00. The zero-order chi connectivity index (χ0) is 21.3. The van der Waals surface area contributed by atoms with Crippen LogP contribution in [0.25, 0.3) is 0 Å². The highest BCUT2D eigenvalue weighted by Gasteiger charge is 2.16. The number of carbonyl (C=O) groups excluding carboxylic acids is 1. The molecular formula is C18H28N4O5S. The number of sulfonamides is 1. The van der Waals surface area contributed by atoms with Gasteiger partial charge >= 0.3 is 0 Å². The summed E-state index contributed by atoms with van der Waals surface area (Å²) in [5.41, 5.74) is -0.529. The lowest BCUT2D eigenvalue weighted by atomic mass is 9.99. The van der Waals surface area contributed by atoms with Gasteiger partial charge in [-0.05, 0) is 37.5 Å². The lowest BCUT2D eigenvalue weighted by Gasteiger charge is -2.15. The largest absolute Gasteiger partial charge is 0.510 e. The average Bonchev–Trinajstić information content (AvgIpc) is 2.62. The van der Waals surface area contributed by atoms with Crippen molar-refractivity contribution in [3.05, 3.63) is 29.7 Å². The summed E-state index contributed by atoms with van der Waals surface area (Å²) >= 11 is 0. The fourth-order valence-corrected chi connectivity index (χ4v) is 2.94. The standard InChI is InChI=1S/C18H28N4O5S/c1-4-6-7-13(5-2)11-20-18(25)17(12(3)23)22-21-15-10-14(28(19,26)27)8-9-16(15)24/h8-10,13,23-24H,4-7,11H2,1-3H3,(H,20,25)(H2,19,26,27)/b17-12+,22-21?. The molecule has 10 heteroatoms. The third kappa shape index (κ3) is 7.28. The van der Waals surface area contributed by atoms with Gasteiger partial charge in [0.15, 0.2) is 5.70 Å². The van der Waals surface area contributed by atoms with E-state index in [9.17, 15) is 23.4 Å². The second kappa shape index (κ2) is 10.8. The first-order chi connectivity index (χ1) is 13.1. The second-order valence-corrected chi connectivity index (χ2v) is 8.02. The van der Waals surface area contributed by atoms with E-state index in [0.717, 1.165) is 43.9 Å². The number of allylic oxidation sites excluding steroid dienone is 1. The van der Waals surface area contributed by atoms with Crippen LogP contribution in [0.5, 0.6) is 5.75 Å². The number of nitrogens with one attached hydrogen (secondary N) is 1. The topological polar surface area (TPSA) is 154 Å². The summed E-state index contributed by atoms with van der Waals surface area (Å²) in [6.45, 7) is 5.86. The number of nitrogens with two attached hydrogens (primary N) is 1. The van der Waals surface area contributed by atoms with Crippen molar-refractivity contribution in [1.29, 1.82) is 0 Å². The molecular weight excluding hydrogens is 384 g/mol. The summed E-state index contributed by atoms with van der Waals surface area (Å²) in [6.07, 6.45) is 4.03. The molecule has 0 spiro atoms. The normalized spacial score (nSPS) is 14.0. The molecule has 156 valence electrons. The highest BCUT2D eigenvalue weighted by atomic mass is 32.2. The second-order valence-electron chi connectivity index (χ2n) is 6.46. The number of amides is 1. The average molecular weight is 413 g/mol. The minimum absolute atomic E-state index is 0.201. The van der Waals surface area contributed by atoms with Crippen molar-refractivity contribution >= 4 is 21.6 Å². The number of nitrogens with zero attached hydrogens (tertiary/aromatic N) is 2. The van der Waals surface area contributed by atoms with E-state index in [1.165, 1.54) is 6.92 Å². The highest BCUT2D eigenvalue weighted by Crippen LogP contribution is 2.29. The van der Waals surface area contributed by atoms with Crippen molar-refractivity contribution in [2.24, 2.45) is 21.3 Å². The lowest BCUT2D eigenvalue weighted by Crippen LogP contribution is -2.30. The Balaban J connectivity index is 2.97. The first-order valence-electron chi connectivity index (χ1n) is 9.05. The van der Waals surface area contributed by atoms with Gasteiger partial charge in [0, 0.05) is 6.54 Å². The molecule has 0 radical (unpaired) electrons. The number of phenolic OH excluding ortho intramolecular Hbond substituents is 1. The fraction of sp³-hybridized carbons (Fsp3) is 0.500. The highest BCUT2D eigenvalue weighted by molar-refractivity contribution is 7.89. The quantitative estimate of drug-likeness (QED) is 0.264. The fourth-order valence-electron chi connectivity index (χ4n) is 2.41. The molecule has 1 unspecified atom stereocenters. The van der Waals surface area contributed by atoms with Crippen LogP contribution in [0, 0.1) is 5.92 Å². The summed E-state index contributed by atoms with van der Waals surface area (Å²) in [5, 5.41) is 34.7. The molecule has 0 aliphatic heterocycles. The number of carbonyl (C=O) groups is 1. The molecule has 1 rings (SSSR count). The van der Waals surface area contributed by atoms with E-state index < -0.39 is 15.9 Å². The Hall–Kier alpha value is -2.46. The number of aliphatic hydroxyl groups is 1. The van der Waals surface area contributed by atoms with Crippen molar-refractivity contribution in [2.75, 3.05) is 6.54 Å². The molecule has 28 heavy (non-hydrogen) atoms. The number of hydrogen-bond acceptors (Lipinski definition) is 7. The molecule has 0 bridgehead atoms. The molecule has 1 amide bonds. The summed E-state index contributed by atoms with van der Waals surface area (Å²) in [5.74, 6) is -1.00. The van der Waals surface area contributed by atoms with E-state index >= 15 is 0 Å². The van der Waals surface area contributed by atoms with Gasteiger partial charge < -0.3 is 15.5 Å². The number of phenols is 1. The Labute approximate surface area is 165 Å². The Morgan fingerprint density at radius 1 is 1.32 bits per heavy atom. The number of rotatable bonds is 10. The van der Waals surface area contributed by atoms with E-state index in [4.69, 9.17) is 5.14 Å². The van der Waals surface area contributed by atoms with Crippen LogP contribution in [0.4, 0.5) is 5.69 Å². The van der Waals surface area contributed by atoms with Gasteiger partial charge in [-0.15, -0.1) is 10.2 Å². The van der Waals surface area contributed by atoms with Crippen LogP contribution in [-0.4, -0.2) is 31.1 Å². The van der Waals surface area contributed by atoms with Crippen LogP contribution >= 0.6 is 0 Å². The van der Waals surface area contributed by atoms with Crippen molar-refractivity contribution in [3.63, 3.8) is 0 Å². The molecule has 0 saturated heterocycles. The van der Waals surface area contributed by atoms with Gasteiger partial charge in [-0.25, -0.2) is 13.6 Å². The van der Waals surface area contributed by atoms with Gasteiger partial charge in [-0.2, -0.15) is 0 Å². The Morgan fingerprint density at radius 2 is 2.00 bits per heavy atom. The molecule has 9 nitrogen and oxygen atoms in total. The number of benzene rings is 1. The lowest BCUT2D eigenvalue weighted by molar-refractivity contribution is -0.118. The van der Waals surface area contributed by atoms with Crippen LogP contribution in [0.15, 0.2) is 44.8 Å². The van der Waals surface area contributed by atoms with Crippen molar-refractivity contribution in [1.82, 2.24) is 5.32 Å². The Bertz CT molecular complexity index is 846. The van der Waals surface area contributed by atoms with Crippen molar-refractivity contribution in [2.45, 2.75) is 51.3 Å². The minimum Gasteiger partial charge on any atom is -0.510 e. The minimum atomic E-state index is -4.00. The zero-order valence-electron chi connectivity index (χ0n) is 16.3. The maximum absolute atomic E-state index is 12.4. The third-order valence-corrected chi connectivity index (χ3v) is 5.10. The smallest absolute Gasteiger partial charge is 0.275 e. The van der Waals surface area contributed by atoms with E-state index in [2.05, 4.69) is 22.5 Å². The van der Waals surface area contributed by atoms with Gasteiger partial charge in [-0.1, -0.05) is 33.1 Å². The summed E-state index contributed by atoms with van der Waals surface area (Å²) in [6, 6.07) is 3.24. The molecule has 1 aromatic rings. The number of aromatic hydroxyl groups is 1. The molecule has 0 aliphatic rings. The predicted octanol–water partition coefficient (Wildman–Crippen LogP) is 3.25. The SMILES string of the molecule is CCCCC(CC)CNC(=O)/C(N=Nc1cc(S(N)(=O)=O)ccc1O)=C(/C)O. The molecule has 0 aromatic heterocycles. The first-order valence-corrected chi connectivity index (χ1v) is 10.6. The van der Waals surface area contributed by atoms with Gasteiger partial charge in [0.1, 0.15) is 17.2 Å². The maximum atomic E-state index is 12.4. The molecule has 0 fully saturated rings. The van der Waals surface area contributed by atoms with Gasteiger partial charge in [-0.3, -0.25) is 4.79 Å². The summed E-state index contributed by atoms with van der Waals surface area (Å²) < 4.78 is 22.8. The van der Waals surface area contributed by atoms with E-state index in [1.54, 1.807) is 0 Å². The van der Waals surface area contributed by atoms with Gasteiger partial charge in [0.05, 0.1) is 4.90 Å². The Morgan fingerprint density at radius 3 is 2.54 bits per heavy atom. The van der Waals surface area contributed by atoms with Crippen LogP contribution in [0.2, 0.25) is 0 Å². The third-order valence-electron chi connectivity index (χ3n) is 4.19. The number of azo groups is 1. The van der Waals surface area contributed by atoms with E-state index in [-0.39, 0.29) is 27.8 Å².